The highest BCUT2D eigenvalue weighted by Crippen LogP contribution is 2.38. The van der Waals surface area contributed by atoms with Crippen LogP contribution in [0.5, 0.6) is 11.5 Å². The van der Waals surface area contributed by atoms with Gasteiger partial charge in [-0.25, -0.2) is 13.4 Å². The summed E-state index contributed by atoms with van der Waals surface area (Å²) in [5.74, 6) is 1.01. The molecule has 0 aliphatic carbocycles. The Bertz CT molecular complexity index is 1370. The van der Waals surface area contributed by atoms with Gasteiger partial charge < -0.3 is 9.47 Å². The van der Waals surface area contributed by atoms with Crippen molar-refractivity contribution in [1.29, 1.82) is 0 Å². The maximum Gasteiger partial charge on any atom is 0.241 e. The molecule has 5 rings (SSSR count). The van der Waals surface area contributed by atoms with Crippen LogP contribution in [0.25, 0.3) is 10.2 Å². The zero-order valence-electron chi connectivity index (χ0n) is 17.9. The molecule has 1 aliphatic rings. The van der Waals surface area contributed by atoms with E-state index in [-0.39, 0.29) is 4.90 Å². The minimum atomic E-state index is -3.87. The molecule has 0 bridgehead atoms. The van der Waals surface area contributed by atoms with Gasteiger partial charge in [0, 0.05) is 33.8 Å². The van der Waals surface area contributed by atoms with E-state index in [0.29, 0.717) is 24.7 Å². The molecule has 1 atom stereocenters. The summed E-state index contributed by atoms with van der Waals surface area (Å²) in [6, 6.07) is 17.9. The van der Waals surface area contributed by atoms with Gasteiger partial charge in [0.05, 0.1) is 24.2 Å². The Morgan fingerprint density at radius 3 is 2.67 bits per heavy atom. The zero-order valence-corrected chi connectivity index (χ0v) is 20.3. The normalized spacial score (nSPS) is 14.7. The number of thiophene rings is 1. The molecule has 4 aromatic rings. The highest BCUT2D eigenvalue weighted by molar-refractivity contribution is 7.98. The highest BCUT2D eigenvalue weighted by atomic mass is 32.2. The number of aromatic nitrogens is 1. The lowest BCUT2D eigenvalue weighted by Gasteiger charge is -2.21. The lowest BCUT2D eigenvalue weighted by molar-refractivity contribution is 0.297. The largest absolute Gasteiger partial charge is 0.490 e. The van der Waals surface area contributed by atoms with Crippen molar-refractivity contribution in [2.75, 3.05) is 19.5 Å². The fourth-order valence-electron chi connectivity index (χ4n) is 3.75. The molecule has 3 heterocycles. The van der Waals surface area contributed by atoms with Gasteiger partial charge in [0.2, 0.25) is 10.0 Å². The molecule has 9 heteroatoms. The van der Waals surface area contributed by atoms with E-state index in [1.807, 2.05) is 48.7 Å². The van der Waals surface area contributed by atoms with Gasteiger partial charge in [-0.1, -0.05) is 24.3 Å². The van der Waals surface area contributed by atoms with Crippen molar-refractivity contribution in [3.05, 3.63) is 77.3 Å². The van der Waals surface area contributed by atoms with Crippen LogP contribution in [0.2, 0.25) is 0 Å². The second-order valence-electron chi connectivity index (χ2n) is 7.50. The van der Waals surface area contributed by atoms with Gasteiger partial charge in [-0.2, -0.15) is 4.72 Å². The molecule has 0 fully saturated rings. The van der Waals surface area contributed by atoms with Crippen LogP contribution in [-0.2, 0) is 10.0 Å². The van der Waals surface area contributed by atoms with E-state index in [1.165, 1.54) is 17.4 Å². The first kappa shape index (κ1) is 22.2. The summed E-state index contributed by atoms with van der Waals surface area (Å²) in [5, 5.41) is 0.985. The van der Waals surface area contributed by atoms with E-state index in [1.54, 1.807) is 30.1 Å². The fraction of sp³-hybridized carbons (Fsp3) is 0.208. The van der Waals surface area contributed by atoms with E-state index < -0.39 is 16.1 Å². The predicted molar refractivity (Wildman–Crippen MR) is 132 cm³/mol. The number of fused-ring (bicyclic) bond motifs is 2. The Labute approximate surface area is 201 Å². The quantitative estimate of drug-likeness (QED) is 0.366. The standard InChI is InChI=1S/C24H22N2O4S3/c1-31-21-8-3-2-7-18(21)23(22-14-16-6-4-11-25-24(16)32-22)26-33(27,28)17-9-10-19-20(15-17)30-13-5-12-29-19/h2-4,6-11,14-15,23,26H,5,12-13H2,1H3/t23-/m1/s1. The first-order valence-corrected chi connectivity index (χ1v) is 14.0. The van der Waals surface area contributed by atoms with E-state index in [2.05, 4.69) is 9.71 Å². The number of sulfonamides is 1. The summed E-state index contributed by atoms with van der Waals surface area (Å²) >= 11 is 3.07. The van der Waals surface area contributed by atoms with Gasteiger partial charge in [-0.3, -0.25) is 0 Å². The average molecular weight is 499 g/mol. The van der Waals surface area contributed by atoms with Crippen LogP contribution in [0, 0.1) is 0 Å². The SMILES string of the molecule is CSc1ccccc1[C@@H](NS(=O)(=O)c1ccc2c(c1)OCCCO2)c1cc2cccnc2s1. The summed E-state index contributed by atoms with van der Waals surface area (Å²) in [6.45, 7) is 1.04. The molecule has 33 heavy (non-hydrogen) atoms. The molecule has 0 unspecified atom stereocenters. The molecule has 170 valence electrons. The van der Waals surface area contributed by atoms with E-state index in [4.69, 9.17) is 9.47 Å². The van der Waals surface area contributed by atoms with Gasteiger partial charge in [-0.05, 0) is 42.2 Å². The number of nitrogens with one attached hydrogen (secondary N) is 1. The number of hydrogen-bond donors (Lipinski definition) is 1. The minimum absolute atomic E-state index is 0.137. The topological polar surface area (TPSA) is 77.5 Å². The smallest absolute Gasteiger partial charge is 0.241 e. The second kappa shape index (κ2) is 9.34. The number of thioether (sulfide) groups is 1. The number of nitrogens with zero attached hydrogens (tertiary/aromatic N) is 1. The third kappa shape index (κ3) is 4.59. The van der Waals surface area contributed by atoms with Crippen LogP contribution >= 0.6 is 23.1 Å². The second-order valence-corrected chi connectivity index (χ2v) is 11.1. The molecule has 0 spiro atoms. The van der Waals surface area contributed by atoms with Crippen LogP contribution < -0.4 is 14.2 Å². The molecule has 2 aromatic carbocycles. The van der Waals surface area contributed by atoms with Crippen LogP contribution in [0.4, 0.5) is 0 Å². The van der Waals surface area contributed by atoms with Crippen molar-refractivity contribution in [2.24, 2.45) is 0 Å². The monoisotopic (exact) mass is 498 g/mol. The third-order valence-corrected chi connectivity index (χ3v) is 8.71. The summed E-state index contributed by atoms with van der Waals surface area (Å²) in [5.41, 5.74) is 0.898. The maximum atomic E-state index is 13.6. The van der Waals surface area contributed by atoms with Crippen LogP contribution in [-0.4, -0.2) is 32.9 Å². The zero-order chi connectivity index (χ0) is 22.8. The van der Waals surface area contributed by atoms with Crippen molar-refractivity contribution < 1.29 is 17.9 Å². The third-order valence-electron chi connectivity index (χ3n) is 5.35. The number of hydrogen-bond acceptors (Lipinski definition) is 7. The summed E-state index contributed by atoms with van der Waals surface area (Å²) < 4.78 is 41.4. The number of rotatable bonds is 6. The Balaban J connectivity index is 1.57. The van der Waals surface area contributed by atoms with Crippen LogP contribution in [0.1, 0.15) is 22.9 Å². The Morgan fingerprint density at radius 2 is 1.85 bits per heavy atom. The number of benzene rings is 2. The van der Waals surface area contributed by atoms with Crippen molar-refractivity contribution in [2.45, 2.75) is 22.3 Å². The van der Waals surface area contributed by atoms with E-state index >= 15 is 0 Å². The fourth-order valence-corrected chi connectivity index (χ4v) is 6.74. The summed E-state index contributed by atoms with van der Waals surface area (Å²) in [6.07, 6.45) is 4.48. The van der Waals surface area contributed by atoms with Crippen molar-refractivity contribution in [3.8, 4) is 11.5 Å². The summed E-state index contributed by atoms with van der Waals surface area (Å²) in [7, 11) is -3.87. The van der Waals surface area contributed by atoms with Gasteiger partial charge in [0.15, 0.2) is 11.5 Å². The van der Waals surface area contributed by atoms with E-state index in [0.717, 1.165) is 32.0 Å². The molecule has 0 radical (unpaired) electrons. The van der Waals surface area contributed by atoms with Crippen LogP contribution in [0.3, 0.4) is 0 Å². The van der Waals surface area contributed by atoms with Crippen molar-refractivity contribution in [1.82, 2.24) is 9.71 Å². The first-order valence-electron chi connectivity index (χ1n) is 10.4. The summed E-state index contributed by atoms with van der Waals surface area (Å²) in [4.78, 5) is 7.33. The lowest BCUT2D eigenvalue weighted by Crippen LogP contribution is -2.29. The molecule has 1 aliphatic heterocycles. The van der Waals surface area contributed by atoms with Gasteiger partial charge >= 0.3 is 0 Å². The van der Waals surface area contributed by atoms with Crippen LogP contribution in [0.15, 0.2) is 76.7 Å². The maximum absolute atomic E-state index is 13.6. The number of ether oxygens (including phenoxy) is 2. The van der Waals surface area contributed by atoms with E-state index in [9.17, 15) is 8.42 Å². The lowest BCUT2D eigenvalue weighted by atomic mass is 10.1. The molecule has 0 amide bonds. The van der Waals surface area contributed by atoms with Crippen molar-refractivity contribution in [3.63, 3.8) is 0 Å². The highest BCUT2D eigenvalue weighted by Gasteiger charge is 2.27. The minimum Gasteiger partial charge on any atom is -0.490 e. The Kier molecular flexibility index (Phi) is 6.29. The molecule has 0 saturated carbocycles. The Hall–Kier alpha value is -2.59. The molecule has 1 N–H and O–H groups in total. The molecule has 6 nitrogen and oxygen atoms in total. The Morgan fingerprint density at radius 1 is 1.03 bits per heavy atom. The first-order chi connectivity index (χ1) is 16.0. The predicted octanol–water partition coefficient (Wildman–Crippen LogP) is 5.25. The number of pyridine rings is 1. The average Bonchev–Trinajstić information content (AvgIpc) is 3.12. The van der Waals surface area contributed by atoms with Crippen molar-refractivity contribution >= 4 is 43.3 Å². The van der Waals surface area contributed by atoms with Gasteiger partial charge in [-0.15, -0.1) is 23.1 Å². The molecule has 2 aromatic heterocycles. The molecular weight excluding hydrogens is 476 g/mol. The van der Waals surface area contributed by atoms with Gasteiger partial charge in [0.25, 0.3) is 0 Å². The van der Waals surface area contributed by atoms with Gasteiger partial charge in [0.1, 0.15) is 4.83 Å². The molecular formula is C24H22N2O4S3. The molecule has 0 saturated heterocycles.